The van der Waals surface area contributed by atoms with Crippen LogP contribution in [-0.2, 0) is 9.53 Å². The average molecular weight is 158 g/mol. The molecule has 0 N–H and O–H groups in total. The standard InChI is InChI=1S/C9H18O2/c1-7(2)5-11-6-8(3)9(4)10/h7-8H,5-6H2,1-4H3. The van der Waals surface area contributed by atoms with Crippen molar-refractivity contribution in [1.29, 1.82) is 0 Å². The van der Waals surface area contributed by atoms with Gasteiger partial charge in [0.15, 0.2) is 0 Å². The fourth-order valence-electron chi connectivity index (χ4n) is 0.598. The van der Waals surface area contributed by atoms with Crippen LogP contribution < -0.4 is 0 Å². The van der Waals surface area contributed by atoms with Gasteiger partial charge >= 0.3 is 0 Å². The Bertz CT molecular complexity index is 119. The van der Waals surface area contributed by atoms with Crippen LogP contribution in [0.2, 0.25) is 0 Å². The average Bonchev–Trinajstić information content (AvgIpc) is 1.86. The van der Waals surface area contributed by atoms with E-state index >= 15 is 0 Å². The summed E-state index contributed by atoms with van der Waals surface area (Å²) in [4.78, 5) is 10.7. The first-order chi connectivity index (χ1) is 5.04. The fourth-order valence-corrected chi connectivity index (χ4v) is 0.598. The molecule has 0 aromatic carbocycles. The predicted octanol–water partition coefficient (Wildman–Crippen LogP) is 1.88. The van der Waals surface area contributed by atoms with Crippen LogP contribution in [0.5, 0.6) is 0 Å². The first-order valence-electron chi connectivity index (χ1n) is 4.12. The molecule has 66 valence electrons. The van der Waals surface area contributed by atoms with Gasteiger partial charge in [0, 0.05) is 12.5 Å². The zero-order valence-corrected chi connectivity index (χ0v) is 7.89. The van der Waals surface area contributed by atoms with Gasteiger partial charge in [-0.15, -0.1) is 0 Å². The number of hydrogen-bond donors (Lipinski definition) is 0. The van der Waals surface area contributed by atoms with Gasteiger partial charge in [0.25, 0.3) is 0 Å². The zero-order chi connectivity index (χ0) is 8.85. The molecule has 0 heterocycles. The van der Waals surface area contributed by atoms with E-state index in [2.05, 4.69) is 13.8 Å². The summed E-state index contributed by atoms with van der Waals surface area (Å²) >= 11 is 0. The van der Waals surface area contributed by atoms with Crippen LogP contribution in [0.25, 0.3) is 0 Å². The number of ether oxygens (including phenoxy) is 1. The lowest BCUT2D eigenvalue weighted by atomic mass is 10.1. The summed E-state index contributed by atoms with van der Waals surface area (Å²) in [6, 6.07) is 0. The van der Waals surface area contributed by atoms with Gasteiger partial charge in [-0.25, -0.2) is 0 Å². The van der Waals surface area contributed by atoms with Gasteiger partial charge in [-0.05, 0) is 12.8 Å². The van der Waals surface area contributed by atoms with Crippen molar-refractivity contribution < 1.29 is 9.53 Å². The lowest BCUT2D eigenvalue weighted by Gasteiger charge is -2.09. The van der Waals surface area contributed by atoms with Crippen LogP contribution >= 0.6 is 0 Å². The number of hydrogen-bond acceptors (Lipinski definition) is 2. The van der Waals surface area contributed by atoms with E-state index in [0.717, 1.165) is 6.61 Å². The summed E-state index contributed by atoms with van der Waals surface area (Å²) in [5, 5.41) is 0. The minimum absolute atomic E-state index is 0.0498. The Labute approximate surface area is 68.9 Å². The van der Waals surface area contributed by atoms with E-state index in [-0.39, 0.29) is 11.7 Å². The number of carbonyl (C=O) groups excluding carboxylic acids is 1. The van der Waals surface area contributed by atoms with E-state index in [4.69, 9.17) is 4.74 Å². The zero-order valence-electron chi connectivity index (χ0n) is 7.89. The minimum Gasteiger partial charge on any atom is -0.380 e. The number of Topliss-reactive ketones (excluding diaryl/α,β-unsaturated/α-hetero) is 1. The van der Waals surface area contributed by atoms with Crippen molar-refractivity contribution in [3.05, 3.63) is 0 Å². The molecule has 0 rings (SSSR count). The van der Waals surface area contributed by atoms with Crippen LogP contribution in [0.1, 0.15) is 27.7 Å². The summed E-state index contributed by atoms with van der Waals surface area (Å²) in [5.74, 6) is 0.802. The predicted molar refractivity (Wildman–Crippen MR) is 45.5 cm³/mol. The Morgan fingerprint density at radius 3 is 2.18 bits per heavy atom. The van der Waals surface area contributed by atoms with E-state index in [1.165, 1.54) is 0 Å². The molecule has 0 bridgehead atoms. The van der Waals surface area contributed by atoms with Crippen molar-refractivity contribution in [2.45, 2.75) is 27.7 Å². The van der Waals surface area contributed by atoms with Crippen molar-refractivity contribution in [3.8, 4) is 0 Å². The van der Waals surface area contributed by atoms with Crippen LogP contribution in [0.3, 0.4) is 0 Å². The molecule has 0 fully saturated rings. The number of ketones is 1. The monoisotopic (exact) mass is 158 g/mol. The molecule has 0 aromatic rings. The van der Waals surface area contributed by atoms with Crippen LogP contribution in [0.4, 0.5) is 0 Å². The lowest BCUT2D eigenvalue weighted by molar-refractivity contribution is -0.122. The quantitative estimate of drug-likeness (QED) is 0.610. The molecule has 0 saturated carbocycles. The first-order valence-corrected chi connectivity index (χ1v) is 4.12. The Balaban J connectivity index is 3.31. The van der Waals surface area contributed by atoms with Gasteiger partial charge in [0.1, 0.15) is 5.78 Å². The second-order valence-corrected chi connectivity index (χ2v) is 3.44. The molecule has 0 aliphatic rings. The third kappa shape index (κ3) is 6.05. The van der Waals surface area contributed by atoms with Crippen LogP contribution in [0, 0.1) is 11.8 Å². The maximum absolute atomic E-state index is 10.7. The second-order valence-electron chi connectivity index (χ2n) is 3.44. The van der Waals surface area contributed by atoms with Crippen LogP contribution in [-0.4, -0.2) is 19.0 Å². The van der Waals surface area contributed by atoms with Crippen LogP contribution in [0.15, 0.2) is 0 Å². The molecule has 2 heteroatoms. The highest BCUT2D eigenvalue weighted by Gasteiger charge is 2.07. The maximum Gasteiger partial charge on any atom is 0.134 e. The normalized spacial score (nSPS) is 13.5. The summed E-state index contributed by atoms with van der Waals surface area (Å²) in [6.45, 7) is 8.99. The lowest BCUT2D eigenvalue weighted by Crippen LogP contribution is -2.15. The molecular weight excluding hydrogens is 140 g/mol. The summed E-state index contributed by atoms with van der Waals surface area (Å²) in [6.07, 6.45) is 0. The van der Waals surface area contributed by atoms with Crippen molar-refractivity contribution in [3.63, 3.8) is 0 Å². The van der Waals surface area contributed by atoms with Gasteiger partial charge in [-0.2, -0.15) is 0 Å². The van der Waals surface area contributed by atoms with E-state index in [0.29, 0.717) is 12.5 Å². The van der Waals surface area contributed by atoms with E-state index < -0.39 is 0 Å². The third-order valence-electron chi connectivity index (χ3n) is 1.51. The Morgan fingerprint density at radius 1 is 1.27 bits per heavy atom. The molecule has 0 spiro atoms. The summed E-state index contributed by atoms with van der Waals surface area (Å²) in [5.41, 5.74) is 0. The first kappa shape index (κ1) is 10.6. The third-order valence-corrected chi connectivity index (χ3v) is 1.51. The molecule has 11 heavy (non-hydrogen) atoms. The van der Waals surface area contributed by atoms with Crippen molar-refractivity contribution >= 4 is 5.78 Å². The number of rotatable bonds is 5. The van der Waals surface area contributed by atoms with Gasteiger partial charge in [-0.3, -0.25) is 4.79 Å². The van der Waals surface area contributed by atoms with Gasteiger partial charge in [0.2, 0.25) is 0 Å². The molecule has 0 saturated heterocycles. The molecule has 0 aromatic heterocycles. The molecule has 0 aliphatic heterocycles. The Morgan fingerprint density at radius 2 is 1.82 bits per heavy atom. The van der Waals surface area contributed by atoms with Gasteiger partial charge < -0.3 is 4.74 Å². The summed E-state index contributed by atoms with van der Waals surface area (Å²) in [7, 11) is 0. The second kappa shape index (κ2) is 5.30. The van der Waals surface area contributed by atoms with E-state index in [1.54, 1.807) is 6.92 Å². The molecule has 1 unspecified atom stereocenters. The molecule has 0 radical (unpaired) electrons. The smallest absolute Gasteiger partial charge is 0.134 e. The largest absolute Gasteiger partial charge is 0.380 e. The van der Waals surface area contributed by atoms with Gasteiger partial charge in [-0.1, -0.05) is 20.8 Å². The van der Waals surface area contributed by atoms with E-state index in [1.807, 2.05) is 6.92 Å². The molecule has 1 atom stereocenters. The molecular formula is C9H18O2. The molecule has 2 nitrogen and oxygen atoms in total. The highest BCUT2D eigenvalue weighted by molar-refractivity contribution is 5.77. The Kier molecular flexibility index (Phi) is 5.12. The highest BCUT2D eigenvalue weighted by Crippen LogP contribution is 1.99. The maximum atomic E-state index is 10.7. The van der Waals surface area contributed by atoms with E-state index in [9.17, 15) is 4.79 Å². The topological polar surface area (TPSA) is 26.3 Å². The van der Waals surface area contributed by atoms with Crippen molar-refractivity contribution in [2.75, 3.05) is 13.2 Å². The molecule has 0 amide bonds. The minimum atomic E-state index is 0.0498. The Hall–Kier alpha value is -0.370. The van der Waals surface area contributed by atoms with Crippen molar-refractivity contribution in [2.24, 2.45) is 11.8 Å². The van der Waals surface area contributed by atoms with Crippen molar-refractivity contribution in [1.82, 2.24) is 0 Å². The number of carbonyl (C=O) groups is 1. The fraction of sp³-hybridized carbons (Fsp3) is 0.889. The van der Waals surface area contributed by atoms with Gasteiger partial charge in [0.05, 0.1) is 6.61 Å². The molecule has 0 aliphatic carbocycles. The summed E-state index contributed by atoms with van der Waals surface area (Å²) < 4.78 is 5.30. The SMILES string of the molecule is CC(=O)C(C)COCC(C)C. The highest BCUT2D eigenvalue weighted by atomic mass is 16.5.